The van der Waals surface area contributed by atoms with Gasteiger partial charge in [0.25, 0.3) is 0 Å². The lowest BCUT2D eigenvalue weighted by Crippen LogP contribution is -2.24. The van der Waals surface area contributed by atoms with E-state index in [1.807, 2.05) is 0 Å². The quantitative estimate of drug-likeness (QED) is 0.770. The van der Waals surface area contributed by atoms with Crippen LogP contribution in [0.4, 0.5) is 23.2 Å². The molecule has 0 aliphatic rings. The third kappa shape index (κ3) is 5.02. The Morgan fingerprint density at radius 3 is 2.42 bits per heavy atom. The van der Waals surface area contributed by atoms with Crippen molar-refractivity contribution >= 4 is 21.6 Å². The van der Waals surface area contributed by atoms with Crippen molar-refractivity contribution in [3.05, 3.63) is 59.4 Å². The van der Waals surface area contributed by atoms with E-state index in [-0.39, 0.29) is 18.5 Å². The molecule has 10 heteroatoms. The number of benzene rings is 2. The molecule has 0 fully saturated rings. The summed E-state index contributed by atoms with van der Waals surface area (Å²) in [5.74, 6) is -1.87. The summed E-state index contributed by atoms with van der Waals surface area (Å²) in [5.41, 5.74) is -0.749. The predicted molar refractivity (Wildman–Crippen MR) is 86.2 cm³/mol. The van der Waals surface area contributed by atoms with E-state index in [9.17, 15) is 30.8 Å². The summed E-state index contributed by atoms with van der Waals surface area (Å²) in [5, 5.41) is 2.52. The highest BCUT2D eigenvalue weighted by Crippen LogP contribution is 2.32. The fourth-order valence-corrected chi connectivity index (χ4v) is 3.16. The first kappa shape index (κ1) is 19.9. The maximum absolute atomic E-state index is 13.3. The maximum Gasteiger partial charge on any atom is 0.419 e. The molecule has 1 amide bonds. The van der Waals surface area contributed by atoms with Crippen molar-refractivity contribution in [2.45, 2.75) is 24.5 Å². The number of halogens is 4. The average Bonchev–Trinajstić information content (AvgIpc) is 2.52. The van der Waals surface area contributed by atoms with Gasteiger partial charge >= 0.3 is 6.18 Å². The molecule has 0 saturated heterocycles. The van der Waals surface area contributed by atoms with E-state index >= 15 is 0 Å². The minimum absolute atomic E-state index is 0.228. The molecule has 26 heavy (non-hydrogen) atoms. The molecule has 0 aliphatic carbocycles. The fourth-order valence-electron chi connectivity index (χ4n) is 2.11. The van der Waals surface area contributed by atoms with E-state index in [1.165, 1.54) is 13.0 Å². The van der Waals surface area contributed by atoms with E-state index in [0.29, 0.717) is 17.3 Å². The van der Waals surface area contributed by atoms with Crippen LogP contribution in [0.15, 0.2) is 47.4 Å². The lowest BCUT2D eigenvalue weighted by Gasteiger charge is -2.12. The topological polar surface area (TPSA) is 75.3 Å². The summed E-state index contributed by atoms with van der Waals surface area (Å²) in [4.78, 5) is 10.3. The standard InChI is InChI=1S/C16H14F4N2O3S/c1-10(23)22-12-4-2-3-11(7-12)9-21-26(24,25)13-5-6-15(17)14(8-13)16(18,19)20/h2-8,21H,9H2,1H3,(H,22,23). The van der Waals surface area contributed by atoms with E-state index < -0.39 is 32.5 Å². The van der Waals surface area contributed by atoms with Crippen LogP contribution in [0.2, 0.25) is 0 Å². The highest BCUT2D eigenvalue weighted by molar-refractivity contribution is 7.89. The molecule has 5 nitrogen and oxygen atoms in total. The third-order valence-electron chi connectivity index (χ3n) is 3.27. The van der Waals surface area contributed by atoms with Crippen molar-refractivity contribution < 1.29 is 30.8 Å². The summed E-state index contributed by atoms with van der Waals surface area (Å²) in [7, 11) is -4.30. The lowest BCUT2D eigenvalue weighted by atomic mass is 10.2. The molecular weight excluding hydrogens is 376 g/mol. The SMILES string of the molecule is CC(=O)Nc1cccc(CNS(=O)(=O)c2ccc(F)c(C(F)(F)F)c2)c1. The van der Waals surface area contributed by atoms with Crippen molar-refractivity contribution in [1.82, 2.24) is 4.72 Å². The number of carbonyl (C=O) groups excluding carboxylic acids is 1. The Balaban J connectivity index is 2.21. The Bertz CT molecular complexity index is 927. The monoisotopic (exact) mass is 390 g/mol. The van der Waals surface area contributed by atoms with Crippen LogP contribution in [-0.2, 0) is 27.5 Å². The Hall–Kier alpha value is -2.46. The second-order valence-electron chi connectivity index (χ2n) is 5.35. The van der Waals surface area contributed by atoms with Crippen LogP contribution < -0.4 is 10.0 Å². The molecule has 0 saturated carbocycles. The van der Waals surface area contributed by atoms with Gasteiger partial charge in [0, 0.05) is 19.2 Å². The van der Waals surface area contributed by atoms with Gasteiger partial charge in [-0.3, -0.25) is 4.79 Å². The number of amides is 1. The molecule has 0 atom stereocenters. The van der Waals surface area contributed by atoms with Crippen LogP contribution in [0, 0.1) is 5.82 Å². The number of alkyl halides is 3. The molecule has 2 aromatic rings. The fraction of sp³-hybridized carbons (Fsp3) is 0.188. The lowest BCUT2D eigenvalue weighted by molar-refractivity contribution is -0.140. The predicted octanol–water partition coefficient (Wildman–Crippen LogP) is 3.28. The smallest absolute Gasteiger partial charge is 0.326 e. The van der Waals surface area contributed by atoms with Crippen molar-refractivity contribution in [3.63, 3.8) is 0 Å². The van der Waals surface area contributed by atoms with Gasteiger partial charge in [-0.2, -0.15) is 13.2 Å². The van der Waals surface area contributed by atoms with E-state index in [1.54, 1.807) is 18.2 Å². The molecule has 0 radical (unpaired) electrons. The summed E-state index contributed by atoms with van der Waals surface area (Å²) in [6, 6.07) is 7.69. The maximum atomic E-state index is 13.3. The number of rotatable bonds is 5. The van der Waals surface area contributed by atoms with Crippen LogP contribution in [0.5, 0.6) is 0 Å². The zero-order valence-corrected chi connectivity index (χ0v) is 14.2. The molecule has 2 N–H and O–H groups in total. The van der Waals surface area contributed by atoms with Gasteiger partial charge in [-0.15, -0.1) is 0 Å². The minimum atomic E-state index is -5.01. The molecule has 2 aromatic carbocycles. The van der Waals surface area contributed by atoms with Gasteiger partial charge in [0.2, 0.25) is 15.9 Å². The average molecular weight is 390 g/mol. The highest BCUT2D eigenvalue weighted by Gasteiger charge is 2.35. The number of carbonyl (C=O) groups is 1. The molecule has 0 aromatic heterocycles. The van der Waals surface area contributed by atoms with Gasteiger partial charge in [0.15, 0.2) is 0 Å². The van der Waals surface area contributed by atoms with E-state index in [2.05, 4.69) is 10.0 Å². The molecule has 0 unspecified atom stereocenters. The number of anilines is 1. The van der Waals surface area contributed by atoms with Crippen LogP contribution in [0.3, 0.4) is 0 Å². The van der Waals surface area contributed by atoms with E-state index in [4.69, 9.17) is 0 Å². The number of sulfonamides is 1. The van der Waals surface area contributed by atoms with Gasteiger partial charge in [0.05, 0.1) is 10.5 Å². The normalized spacial score (nSPS) is 12.0. The summed E-state index contributed by atoms with van der Waals surface area (Å²) >= 11 is 0. The van der Waals surface area contributed by atoms with Gasteiger partial charge in [-0.1, -0.05) is 12.1 Å². The largest absolute Gasteiger partial charge is 0.419 e. The summed E-state index contributed by atoms with van der Waals surface area (Å²) < 4.78 is 78.0. The highest BCUT2D eigenvalue weighted by atomic mass is 32.2. The van der Waals surface area contributed by atoms with Gasteiger partial charge < -0.3 is 5.32 Å². The third-order valence-corrected chi connectivity index (χ3v) is 4.67. The Morgan fingerprint density at radius 1 is 1.12 bits per heavy atom. The van der Waals surface area contributed by atoms with Crippen molar-refractivity contribution in [1.29, 1.82) is 0 Å². The van der Waals surface area contributed by atoms with Gasteiger partial charge in [-0.25, -0.2) is 17.5 Å². The number of hydrogen-bond acceptors (Lipinski definition) is 3. The van der Waals surface area contributed by atoms with Gasteiger partial charge in [0.1, 0.15) is 5.82 Å². The second kappa shape index (κ2) is 7.42. The number of hydrogen-bond donors (Lipinski definition) is 2. The summed E-state index contributed by atoms with van der Waals surface area (Å²) in [6.45, 7) is 1.08. The minimum Gasteiger partial charge on any atom is -0.326 e. The van der Waals surface area contributed by atoms with Crippen LogP contribution in [-0.4, -0.2) is 14.3 Å². The Labute approximate surface area is 147 Å². The molecular formula is C16H14F4N2O3S. The zero-order valence-electron chi connectivity index (χ0n) is 13.4. The first-order valence-corrected chi connectivity index (χ1v) is 8.70. The molecule has 140 valence electrons. The summed E-state index contributed by atoms with van der Waals surface area (Å²) in [6.07, 6.45) is -5.01. The van der Waals surface area contributed by atoms with Crippen molar-refractivity contribution in [2.24, 2.45) is 0 Å². The second-order valence-corrected chi connectivity index (χ2v) is 7.11. The van der Waals surface area contributed by atoms with Crippen LogP contribution in [0.1, 0.15) is 18.1 Å². The van der Waals surface area contributed by atoms with Gasteiger partial charge in [-0.05, 0) is 35.9 Å². The van der Waals surface area contributed by atoms with Crippen LogP contribution >= 0.6 is 0 Å². The van der Waals surface area contributed by atoms with Crippen LogP contribution in [0.25, 0.3) is 0 Å². The molecule has 0 aliphatic heterocycles. The molecule has 0 spiro atoms. The molecule has 0 heterocycles. The first-order valence-electron chi connectivity index (χ1n) is 7.22. The van der Waals surface area contributed by atoms with E-state index in [0.717, 1.165) is 6.07 Å². The first-order chi connectivity index (χ1) is 12.0. The zero-order chi connectivity index (χ0) is 19.5. The van der Waals surface area contributed by atoms with Crippen molar-refractivity contribution in [3.8, 4) is 0 Å². The Morgan fingerprint density at radius 2 is 1.81 bits per heavy atom. The molecule has 2 rings (SSSR count). The Kier molecular flexibility index (Phi) is 5.67. The molecule has 0 bridgehead atoms. The van der Waals surface area contributed by atoms with Crippen molar-refractivity contribution in [2.75, 3.05) is 5.32 Å². The number of nitrogens with one attached hydrogen (secondary N) is 2.